The number of carbonyl (C=O) groups is 2. The van der Waals surface area contributed by atoms with Crippen molar-refractivity contribution in [3.63, 3.8) is 0 Å². The molecule has 4 saturated carbocycles. The maximum Gasteiger partial charge on any atom is 0.417 e. The first-order valence-corrected chi connectivity index (χ1v) is 9.77. The van der Waals surface area contributed by atoms with Gasteiger partial charge in [0.2, 0.25) is 0 Å². The van der Waals surface area contributed by atoms with Crippen LogP contribution in [-0.4, -0.2) is 25.2 Å². The summed E-state index contributed by atoms with van der Waals surface area (Å²) in [6, 6.07) is 4.47. The number of esters is 2. The summed E-state index contributed by atoms with van der Waals surface area (Å²) in [7, 11) is 0. The van der Waals surface area contributed by atoms with Gasteiger partial charge in [0, 0.05) is 0 Å². The molecule has 4 aliphatic rings. The predicted molar refractivity (Wildman–Crippen MR) is 93.3 cm³/mol. The summed E-state index contributed by atoms with van der Waals surface area (Å²) in [6.45, 7) is -0.399. The van der Waals surface area contributed by atoms with Gasteiger partial charge in [0.1, 0.15) is 13.2 Å². The van der Waals surface area contributed by atoms with E-state index in [0.717, 1.165) is 31.4 Å². The topological polar surface area (TPSA) is 52.6 Å². The molecule has 7 heteroatoms. The minimum atomic E-state index is -4.64. The first-order valence-electron chi connectivity index (χ1n) is 9.77. The molecule has 4 fully saturated rings. The number of hydrogen-bond acceptors (Lipinski definition) is 4. The normalized spacial score (nSPS) is 30.9. The van der Waals surface area contributed by atoms with E-state index in [2.05, 4.69) is 0 Å². The molecule has 0 aliphatic heterocycles. The number of ether oxygens (including phenoxy) is 2. The Morgan fingerprint density at radius 1 is 0.929 bits per heavy atom. The summed E-state index contributed by atoms with van der Waals surface area (Å²) in [5.41, 5.74) is -1.98. The second-order valence-corrected chi connectivity index (χ2v) is 8.51. The monoisotopic (exact) mass is 396 g/mol. The van der Waals surface area contributed by atoms with Gasteiger partial charge in [0.05, 0.1) is 16.5 Å². The van der Waals surface area contributed by atoms with Crippen molar-refractivity contribution in [3.8, 4) is 0 Å². The van der Waals surface area contributed by atoms with Gasteiger partial charge >= 0.3 is 18.1 Å². The van der Waals surface area contributed by atoms with Gasteiger partial charge in [-0.2, -0.15) is 13.2 Å². The summed E-state index contributed by atoms with van der Waals surface area (Å²) in [4.78, 5) is 24.7. The number of alkyl halides is 3. The van der Waals surface area contributed by atoms with Crippen LogP contribution >= 0.6 is 0 Å². The molecule has 4 aliphatic carbocycles. The van der Waals surface area contributed by atoms with Crippen molar-refractivity contribution in [1.82, 2.24) is 0 Å². The lowest BCUT2D eigenvalue weighted by Gasteiger charge is -2.55. The molecule has 0 unspecified atom stereocenters. The standard InChI is InChI=1S/C21H23F3O4/c22-21(23,24)17-4-2-1-3-16(17)18(25)27-5-6-28-19(26)20-10-13-7-14(11-20)9-15(8-13)12-20/h1-4,13-15H,5-12H2. The summed E-state index contributed by atoms with van der Waals surface area (Å²) in [6.07, 6.45) is 1.61. The number of benzene rings is 1. The van der Waals surface area contributed by atoms with E-state index in [4.69, 9.17) is 9.47 Å². The first kappa shape index (κ1) is 19.3. The minimum absolute atomic E-state index is 0.138. The Hall–Kier alpha value is -2.05. The minimum Gasteiger partial charge on any atom is -0.462 e. The quantitative estimate of drug-likeness (QED) is 0.538. The second-order valence-electron chi connectivity index (χ2n) is 8.51. The van der Waals surface area contributed by atoms with Gasteiger partial charge < -0.3 is 9.47 Å². The van der Waals surface area contributed by atoms with Crippen LogP contribution in [0.3, 0.4) is 0 Å². The van der Waals surface area contributed by atoms with E-state index in [9.17, 15) is 22.8 Å². The molecular weight excluding hydrogens is 373 g/mol. The molecule has 4 bridgehead atoms. The molecule has 0 saturated heterocycles. The SMILES string of the molecule is O=C(OCCOC(=O)C12CC3CC(CC(C3)C1)C2)c1ccccc1C(F)(F)F. The Morgan fingerprint density at radius 3 is 2.04 bits per heavy atom. The van der Waals surface area contributed by atoms with Crippen molar-refractivity contribution in [2.24, 2.45) is 23.2 Å². The van der Waals surface area contributed by atoms with Crippen LogP contribution in [-0.2, 0) is 20.4 Å². The molecule has 4 nitrogen and oxygen atoms in total. The molecule has 0 spiro atoms. The van der Waals surface area contributed by atoms with Gasteiger partial charge in [-0.25, -0.2) is 4.79 Å². The van der Waals surface area contributed by atoms with E-state index < -0.39 is 28.7 Å². The third kappa shape index (κ3) is 3.63. The lowest BCUT2D eigenvalue weighted by Crippen LogP contribution is -2.50. The molecule has 5 rings (SSSR count). The van der Waals surface area contributed by atoms with Crippen LogP contribution in [0.4, 0.5) is 13.2 Å². The highest BCUT2D eigenvalue weighted by atomic mass is 19.4. The number of rotatable bonds is 5. The van der Waals surface area contributed by atoms with Gasteiger partial charge in [-0.05, 0) is 68.4 Å². The van der Waals surface area contributed by atoms with Crippen LogP contribution in [0.15, 0.2) is 24.3 Å². The van der Waals surface area contributed by atoms with Crippen LogP contribution in [0.25, 0.3) is 0 Å². The van der Waals surface area contributed by atoms with Crippen LogP contribution in [0.1, 0.15) is 54.4 Å². The second kappa shape index (κ2) is 7.08. The van der Waals surface area contributed by atoms with E-state index in [1.807, 2.05) is 0 Å². The third-order valence-corrected chi connectivity index (χ3v) is 6.47. The zero-order chi connectivity index (χ0) is 19.9. The summed E-state index contributed by atoms with van der Waals surface area (Å²) in [5.74, 6) is 0.513. The average molecular weight is 396 g/mol. The Bertz CT molecular complexity index is 736. The van der Waals surface area contributed by atoms with E-state index in [1.54, 1.807) is 0 Å². The molecule has 28 heavy (non-hydrogen) atoms. The Labute approximate surface area is 161 Å². The molecule has 152 valence electrons. The van der Waals surface area contributed by atoms with Crippen LogP contribution in [0.5, 0.6) is 0 Å². The molecule has 0 heterocycles. The largest absolute Gasteiger partial charge is 0.462 e. The molecule has 0 N–H and O–H groups in total. The van der Waals surface area contributed by atoms with Crippen LogP contribution < -0.4 is 0 Å². The van der Waals surface area contributed by atoms with Gasteiger partial charge in [-0.15, -0.1) is 0 Å². The fraction of sp³-hybridized carbons (Fsp3) is 0.619. The highest BCUT2D eigenvalue weighted by Gasteiger charge is 2.55. The van der Waals surface area contributed by atoms with Gasteiger partial charge in [-0.3, -0.25) is 4.79 Å². The lowest BCUT2D eigenvalue weighted by molar-refractivity contribution is -0.172. The molecule has 0 atom stereocenters. The van der Waals surface area contributed by atoms with E-state index in [-0.39, 0.29) is 19.2 Å². The zero-order valence-corrected chi connectivity index (χ0v) is 15.5. The maximum atomic E-state index is 13.0. The van der Waals surface area contributed by atoms with Crippen molar-refractivity contribution in [1.29, 1.82) is 0 Å². The lowest BCUT2D eigenvalue weighted by atomic mass is 9.49. The molecular formula is C21H23F3O4. The summed E-state index contributed by atoms with van der Waals surface area (Å²) >= 11 is 0. The maximum absolute atomic E-state index is 13.0. The van der Waals surface area contributed by atoms with E-state index in [1.165, 1.54) is 31.4 Å². The highest BCUT2D eigenvalue weighted by Crippen LogP contribution is 2.60. The molecule has 1 aromatic carbocycles. The third-order valence-electron chi connectivity index (χ3n) is 6.47. The Kier molecular flexibility index (Phi) is 4.88. The molecule has 0 amide bonds. The highest BCUT2D eigenvalue weighted by molar-refractivity contribution is 5.91. The van der Waals surface area contributed by atoms with Crippen LogP contribution in [0, 0.1) is 23.2 Å². The molecule has 0 aromatic heterocycles. The van der Waals surface area contributed by atoms with Crippen molar-refractivity contribution in [2.75, 3.05) is 13.2 Å². The molecule has 1 aromatic rings. The fourth-order valence-corrected chi connectivity index (χ4v) is 5.77. The van der Waals surface area contributed by atoms with Crippen molar-refractivity contribution in [3.05, 3.63) is 35.4 Å². The number of halogens is 3. The average Bonchev–Trinajstić information content (AvgIpc) is 2.63. The Balaban J connectivity index is 1.30. The number of hydrogen-bond donors (Lipinski definition) is 0. The predicted octanol–water partition coefficient (Wildman–Crippen LogP) is 4.62. The zero-order valence-electron chi connectivity index (χ0n) is 15.5. The smallest absolute Gasteiger partial charge is 0.417 e. The van der Waals surface area contributed by atoms with Crippen molar-refractivity contribution < 1.29 is 32.2 Å². The Morgan fingerprint density at radius 2 is 1.46 bits per heavy atom. The van der Waals surface area contributed by atoms with Gasteiger partial charge in [0.25, 0.3) is 0 Å². The fourth-order valence-electron chi connectivity index (χ4n) is 5.77. The summed E-state index contributed by atoms with van der Waals surface area (Å²) < 4.78 is 49.2. The first-order chi connectivity index (χ1) is 13.3. The van der Waals surface area contributed by atoms with Crippen LogP contribution in [0.2, 0.25) is 0 Å². The van der Waals surface area contributed by atoms with Crippen molar-refractivity contribution in [2.45, 2.75) is 44.7 Å². The van der Waals surface area contributed by atoms with Gasteiger partial charge in [-0.1, -0.05) is 12.1 Å². The summed E-state index contributed by atoms with van der Waals surface area (Å²) in [5, 5.41) is 0. The molecule has 0 radical (unpaired) electrons. The van der Waals surface area contributed by atoms with E-state index >= 15 is 0 Å². The number of carbonyl (C=O) groups excluding carboxylic acids is 2. The van der Waals surface area contributed by atoms with Gasteiger partial charge in [0.15, 0.2) is 0 Å². The van der Waals surface area contributed by atoms with E-state index in [0.29, 0.717) is 17.8 Å². The van der Waals surface area contributed by atoms with Crippen molar-refractivity contribution >= 4 is 11.9 Å².